The number of para-hydroxylation sites is 2. The first-order chi connectivity index (χ1) is 42.0. The van der Waals surface area contributed by atoms with E-state index in [4.69, 9.17) is 9.98 Å². The molecule has 0 atom stereocenters. The van der Waals surface area contributed by atoms with Gasteiger partial charge in [0.05, 0.1) is 34.3 Å². The summed E-state index contributed by atoms with van der Waals surface area (Å²) in [6, 6.07) is 90.2. The second-order valence-corrected chi connectivity index (χ2v) is 21.3. The van der Waals surface area contributed by atoms with Crippen molar-refractivity contribution < 1.29 is 13.3 Å². The Morgan fingerprint density at radius 3 is 1.38 bits per heavy atom. The van der Waals surface area contributed by atoms with E-state index < -0.39 is 7.26 Å². The van der Waals surface area contributed by atoms with Crippen molar-refractivity contribution in [2.24, 2.45) is 9.98 Å². The number of fused-ring (bicyclic) bond motifs is 8. The standard InChI is InChI=1S/C72H44B2FN10/c75-74-81-46-54(32-42-68(81)79-72-62-20-8-12-52-14-10-22-66(70(52)62)85(72)74)48-25-35-58(36-26-48)83(56-17-5-2-6-18-56)60-39-29-50(30-40-60)64(44-77)63(43-76)49-27-37-59(38-28-49)82(55-15-3-1-4-16-55)57-33-23-47(24-34-57)53-31-41-67-78-71-61-19-7-11-51-13-9-21-65(69(51)61)84(71)73-80(67)45-53/h1-42,45-46H/q+2/b64-63+. The average molecular weight is 1090 g/mol. The number of hydrogen-bond acceptors (Lipinski definition) is 6. The Balaban J connectivity index is 0.666. The summed E-state index contributed by atoms with van der Waals surface area (Å²) in [7, 11) is 0.638. The molecule has 0 fully saturated rings. The van der Waals surface area contributed by atoms with Gasteiger partial charge in [-0.3, -0.25) is 13.3 Å². The van der Waals surface area contributed by atoms with Crippen LogP contribution in [-0.2, 0) is 0 Å². The number of pyridine rings is 2. The van der Waals surface area contributed by atoms with Crippen LogP contribution in [0.2, 0.25) is 0 Å². The minimum atomic E-state index is -1.48. The van der Waals surface area contributed by atoms with Crippen molar-refractivity contribution in [2.45, 2.75) is 0 Å². The van der Waals surface area contributed by atoms with Crippen molar-refractivity contribution in [1.82, 2.24) is 8.96 Å². The lowest BCUT2D eigenvalue weighted by atomic mass is 9.95. The molecule has 0 N–H and O–H groups in total. The molecule has 14 aromatic rings. The molecule has 2 aliphatic heterocycles. The number of anilines is 6. The molecule has 16 rings (SSSR count). The predicted octanol–water partition coefficient (Wildman–Crippen LogP) is 15.0. The SMILES string of the molecule is N#C/C(=C(/C#N)c1ccc(N(c2ccccc2)c2ccc(-c3ccc4[n+](c3)B(F)n3c(c5cccc6cccc3c65)=N4)cc2)cc1)c1ccc(N(c2ccccc2)c2ccc(-c3ccc4[n+](c3)[B]n3c(c5cccc6cccc3c65)=N4)cc2)cc1. The van der Waals surface area contributed by atoms with Gasteiger partial charge in [-0.25, -0.2) is 4.48 Å². The molecule has 10 nitrogen and oxygen atoms in total. The quantitative estimate of drug-likeness (QED) is 0.0774. The fraction of sp³-hybridized carbons (Fsp3) is 0. The van der Waals surface area contributed by atoms with E-state index in [0.29, 0.717) is 22.4 Å². The van der Waals surface area contributed by atoms with Crippen molar-refractivity contribution in [3.8, 4) is 34.4 Å². The molecule has 4 aromatic heterocycles. The molecule has 0 unspecified atom stereocenters. The second-order valence-electron chi connectivity index (χ2n) is 21.3. The largest absolute Gasteiger partial charge is 0.727 e. The fourth-order valence-corrected chi connectivity index (χ4v) is 12.5. The van der Waals surface area contributed by atoms with Crippen LogP contribution >= 0.6 is 0 Å². The summed E-state index contributed by atoms with van der Waals surface area (Å²) in [6.07, 6.45) is 3.97. The first-order valence-electron chi connectivity index (χ1n) is 28.0. The lowest BCUT2D eigenvalue weighted by Gasteiger charge is -2.26. The van der Waals surface area contributed by atoms with E-state index >= 15 is 4.32 Å². The molecule has 0 saturated carbocycles. The highest BCUT2D eigenvalue weighted by Gasteiger charge is 2.40. The van der Waals surface area contributed by atoms with Gasteiger partial charge in [-0.2, -0.15) is 10.5 Å². The molecule has 0 saturated heterocycles. The normalized spacial score (nSPS) is 12.5. The van der Waals surface area contributed by atoms with Gasteiger partial charge in [-0.1, -0.05) is 133 Å². The number of benzene rings is 10. The van der Waals surface area contributed by atoms with E-state index in [-0.39, 0.29) is 11.1 Å². The van der Waals surface area contributed by atoms with E-state index in [1.54, 1.807) is 8.96 Å². The van der Waals surface area contributed by atoms with E-state index in [0.717, 1.165) is 100 Å². The average Bonchev–Trinajstić information content (AvgIpc) is 3.47. The highest BCUT2D eigenvalue weighted by Crippen LogP contribution is 2.40. The van der Waals surface area contributed by atoms with Crippen LogP contribution in [0.3, 0.4) is 0 Å². The van der Waals surface area contributed by atoms with Crippen LogP contribution in [0, 0.1) is 22.7 Å². The number of halogens is 1. The molecule has 0 aliphatic carbocycles. The Labute approximate surface area is 488 Å². The van der Waals surface area contributed by atoms with E-state index in [2.05, 4.69) is 142 Å². The minimum Gasteiger partial charge on any atom is -0.311 e. The smallest absolute Gasteiger partial charge is 0.311 e. The van der Waals surface area contributed by atoms with E-state index in [1.165, 1.54) is 10.8 Å². The third kappa shape index (κ3) is 8.09. The van der Waals surface area contributed by atoms with Crippen LogP contribution in [0.5, 0.6) is 0 Å². The van der Waals surface area contributed by atoms with Crippen molar-refractivity contribution in [3.05, 3.63) is 289 Å². The lowest BCUT2D eigenvalue weighted by molar-refractivity contribution is -0.535. The zero-order valence-corrected chi connectivity index (χ0v) is 45.4. The molecule has 6 heterocycles. The van der Waals surface area contributed by atoms with Crippen molar-refractivity contribution in [3.63, 3.8) is 0 Å². The summed E-state index contributed by atoms with van der Waals surface area (Å²) in [4.78, 5) is 14.4. The Morgan fingerprint density at radius 2 is 0.847 bits per heavy atom. The van der Waals surface area contributed by atoms with E-state index in [1.807, 2.05) is 164 Å². The van der Waals surface area contributed by atoms with Crippen molar-refractivity contribution >= 4 is 115 Å². The summed E-state index contributed by atoms with van der Waals surface area (Å²) in [5, 5.41) is 28.1. The van der Waals surface area contributed by atoms with Gasteiger partial charge in [-0.15, -0.1) is 0 Å². The minimum absolute atomic E-state index is 0.271. The Kier molecular flexibility index (Phi) is 11.5. The number of nitriles is 2. The monoisotopic (exact) mass is 1090 g/mol. The summed E-state index contributed by atoms with van der Waals surface area (Å²) < 4.78 is 24.3. The number of hydrogen-bond donors (Lipinski definition) is 0. The molecule has 2 aliphatic rings. The number of aromatic nitrogens is 4. The third-order valence-corrected chi connectivity index (χ3v) is 16.5. The van der Waals surface area contributed by atoms with Crippen LogP contribution in [0.25, 0.3) is 76.8 Å². The molecule has 85 heavy (non-hydrogen) atoms. The molecule has 13 heteroatoms. The van der Waals surface area contributed by atoms with Crippen LogP contribution in [0.1, 0.15) is 11.1 Å². The second kappa shape index (κ2) is 19.8. The van der Waals surface area contributed by atoms with Gasteiger partial charge >= 0.3 is 26.4 Å². The number of rotatable bonds is 10. The molecule has 0 amide bonds. The molecule has 0 bridgehead atoms. The molecule has 0 spiro atoms. The molecule has 393 valence electrons. The first-order valence-corrected chi connectivity index (χ1v) is 28.0. The molecular formula is C72H44B2FN10+2. The van der Waals surface area contributed by atoms with Gasteiger partial charge in [0, 0.05) is 79.2 Å². The topological polar surface area (TPSA) is 96.4 Å². The molecule has 10 aromatic carbocycles. The van der Waals surface area contributed by atoms with Gasteiger partial charge in [0.25, 0.3) is 0 Å². The Morgan fingerprint density at radius 1 is 0.424 bits per heavy atom. The highest BCUT2D eigenvalue weighted by atomic mass is 19.1. The van der Waals surface area contributed by atoms with Crippen molar-refractivity contribution in [2.75, 3.05) is 9.80 Å². The molecular weight excluding hydrogens is 1050 g/mol. The third-order valence-electron chi connectivity index (χ3n) is 16.5. The fourth-order valence-electron chi connectivity index (χ4n) is 12.5. The van der Waals surface area contributed by atoms with Crippen LogP contribution in [0.15, 0.2) is 277 Å². The Bertz CT molecular complexity index is 5240. The summed E-state index contributed by atoms with van der Waals surface area (Å²) in [6.45, 7) is 0. The maximum absolute atomic E-state index is 16.8. The zero-order chi connectivity index (χ0) is 56.7. The zero-order valence-electron chi connectivity index (χ0n) is 45.4. The van der Waals surface area contributed by atoms with Gasteiger partial charge in [-0.05, 0) is 152 Å². The lowest BCUT2D eigenvalue weighted by Crippen LogP contribution is -2.58. The van der Waals surface area contributed by atoms with Crippen LogP contribution in [-0.4, -0.2) is 23.8 Å². The highest BCUT2D eigenvalue weighted by molar-refractivity contribution is 6.42. The van der Waals surface area contributed by atoms with Crippen LogP contribution < -0.4 is 29.7 Å². The summed E-state index contributed by atoms with van der Waals surface area (Å²) in [5.74, 6) is 1.41. The van der Waals surface area contributed by atoms with Crippen molar-refractivity contribution in [1.29, 1.82) is 10.5 Å². The number of nitrogens with zero attached hydrogens (tertiary/aromatic N) is 10. The van der Waals surface area contributed by atoms with E-state index in [9.17, 15) is 10.5 Å². The summed E-state index contributed by atoms with van der Waals surface area (Å²) in [5.41, 5.74) is 14.7. The van der Waals surface area contributed by atoms with Gasteiger partial charge in [0.1, 0.15) is 12.1 Å². The Hall–Kier alpha value is -11.7. The van der Waals surface area contributed by atoms with Gasteiger partial charge < -0.3 is 14.3 Å². The van der Waals surface area contributed by atoms with Gasteiger partial charge in [0.2, 0.25) is 11.0 Å². The predicted molar refractivity (Wildman–Crippen MR) is 337 cm³/mol. The first kappa shape index (κ1) is 49.2. The van der Waals surface area contributed by atoms with Crippen LogP contribution in [0.4, 0.5) is 50.1 Å². The summed E-state index contributed by atoms with van der Waals surface area (Å²) >= 11 is 0. The molecule has 1 radical (unpaired) electrons. The maximum atomic E-state index is 16.8. The maximum Gasteiger partial charge on any atom is 0.727 e. The van der Waals surface area contributed by atoms with Gasteiger partial charge in [0.15, 0.2) is 0 Å². The number of allylic oxidation sites excluding steroid dienone is 2.